The smallest absolute Gasteiger partial charge is 0.256 e. The number of hydrogen-bond acceptors (Lipinski definition) is 8. The summed E-state index contributed by atoms with van der Waals surface area (Å²) in [5.74, 6) is 1.14. The van der Waals surface area contributed by atoms with Crippen molar-refractivity contribution in [3.8, 4) is 33.7 Å². The van der Waals surface area contributed by atoms with Crippen molar-refractivity contribution in [2.24, 2.45) is 5.92 Å². The molecule has 2 N–H and O–H groups in total. The Labute approximate surface area is 330 Å². The third-order valence-electron chi connectivity index (χ3n) is 10.1. The number of pyridine rings is 1. The minimum Gasteiger partial charge on any atom is -0.431 e. The number of aliphatic hydroxyl groups excluding tert-OH is 1. The maximum Gasteiger partial charge on any atom is 0.256 e. The van der Waals surface area contributed by atoms with Crippen molar-refractivity contribution in [2.75, 3.05) is 5.75 Å². The van der Waals surface area contributed by atoms with Crippen molar-refractivity contribution in [3.05, 3.63) is 186 Å². The van der Waals surface area contributed by atoms with Crippen molar-refractivity contribution in [1.29, 1.82) is 0 Å². The lowest BCUT2D eigenvalue weighted by Gasteiger charge is -2.41. The van der Waals surface area contributed by atoms with E-state index >= 15 is 0 Å². The first-order valence-corrected chi connectivity index (χ1v) is 19.6. The summed E-state index contributed by atoms with van der Waals surface area (Å²) in [7, 11) is 0. The highest BCUT2D eigenvalue weighted by Gasteiger charge is 2.39. The first-order valence-electron chi connectivity index (χ1n) is 18.7. The number of oxazole rings is 1. The number of amides is 1. The summed E-state index contributed by atoms with van der Waals surface area (Å²) in [6.45, 7) is 2.50. The van der Waals surface area contributed by atoms with Gasteiger partial charge in [0.25, 0.3) is 11.1 Å². The van der Waals surface area contributed by atoms with Crippen LogP contribution in [0, 0.1) is 5.92 Å². The number of nitrogens with one attached hydrogen (secondary N) is 1. The summed E-state index contributed by atoms with van der Waals surface area (Å²) in [4.78, 5) is 21.8. The number of aliphatic hydroxyl groups is 1. The third kappa shape index (κ3) is 8.36. The Kier molecular flexibility index (Phi) is 11.5. The van der Waals surface area contributed by atoms with Gasteiger partial charge in [0, 0.05) is 47.3 Å². The molecule has 0 aliphatic carbocycles. The molecule has 0 bridgehead atoms. The number of benzene rings is 5. The minimum atomic E-state index is -0.633. The van der Waals surface area contributed by atoms with Crippen molar-refractivity contribution in [3.63, 3.8) is 0 Å². The van der Waals surface area contributed by atoms with E-state index in [0.29, 0.717) is 23.1 Å². The molecule has 1 aliphatic heterocycles. The molecule has 1 amide bonds. The Bertz CT molecular complexity index is 2300. The van der Waals surface area contributed by atoms with Gasteiger partial charge in [-0.3, -0.25) is 9.78 Å². The summed E-state index contributed by atoms with van der Waals surface area (Å²) in [5, 5.41) is 13.3. The zero-order valence-corrected chi connectivity index (χ0v) is 31.6. The molecule has 0 radical (unpaired) electrons. The average molecular weight is 760 g/mol. The molecule has 2 aromatic heterocycles. The normalized spacial score (nSPS) is 18.0. The van der Waals surface area contributed by atoms with Crippen LogP contribution in [-0.4, -0.2) is 32.8 Å². The number of carbonyl (C=O) groups is 1. The van der Waals surface area contributed by atoms with E-state index < -0.39 is 6.29 Å². The molecule has 1 aliphatic rings. The van der Waals surface area contributed by atoms with E-state index in [4.69, 9.17) is 18.9 Å². The molecule has 8 nitrogen and oxygen atoms in total. The molecular formula is C47H41N3O5S. The van der Waals surface area contributed by atoms with Gasteiger partial charge >= 0.3 is 0 Å². The molecule has 0 saturated carbocycles. The number of rotatable bonds is 12. The van der Waals surface area contributed by atoms with Gasteiger partial charge in [0.15, 0.2) is 12.1 Å². The van der Waals surface area contributed by atoms with Crippen molar-refractivity contribution < 1.29 is 23.8 Å². The number of aromatic nitrogens is 2. The fourth-order valence-corrected chi connectivity index (χ4v) is 7.94. The lowest BCUT2D eigenvalue weighted by Crippen LogP contribution is -2.38. The second kappa shape index (κ2) is 17.3. The zero-order chi connectivity index (χ0) is 38.3. The lowest BCUT2D eigenvalue weighted by atomic mass is 9.91. The summed E-state index contributed by atoms with van der Waals surface area (Å²) in [5.41, 5.74) is 9.07. The van der Waals surface area contributed by atoms with Crippen molar-refractivity contribution in [2.45, 2.75) is 43.8 Å². The Morgan fingerprint density at radius 1 is 0.750 bits per heavy atom. The van der Waals surface area contributed by atoms with E-state index in [1.54, 1.807) is 24.5 Å². The highest BCUT2D eigenvalue weighted by atomic mass is 32.2. The second-order valence-electron chi connectivity index (χ2n) is 13.7. The van der Waals surface area contributed by atoms with Gasteiger partial charge in [-0.1, -0.05) is 152 Å². The van der Waals surface area contributed by atoms with E-state index in [1.807, 2.05) is 115 Å². The topological polar surface area (TPSA) is 107 Å². The SMILES string of the molecule is C[C@H]1[C@@H](CSc2nc(-c3ccccc3)c(-c3ccccc3)o2)O[C@@H](c2ccc(-c3ccccc3CNC(=O)c3cccnc3)cc2)O[C@H]1c1ccc(CO)cc1. The molecule has 1 saturated heterocycles. The first-order chi connectivity index (χ1) is 27.5. The van der Waals surface area contributed by atoms with Gasteiger partial charge in [0.2, 0.25) is 0 Å². The van der Waals surface area contributed by atoms with Gasteiger partial charge in [-0.2, -0.15) is 0 Å². The lowest BCUT2D eigenvalue weighted by molar-refractivity contribution is -0.268. The van der Waals surface area contributed by atoms with Crippen LogP contribution in [0.4, 0.5) is 0 Å². The maximum atomic E-state index is 12.8. The third-order valence-corrected chi connectivity index (χ3v) is 11.0. The Morgan fingerprint density at radius 2 is 1.45 bits per heavy atom. The van der Waals surface area contributed by atoms with Crippen LogP contribution < -0.4 is 5.32 Å². The van der Waals surface area contributed by atoms with Crippen LogP contribution in [0.3, 0.4) is 0 Å². The molecular weight excluding hydrogens is 719 g/mol. The second-order valence-corrected chi connectivity index (χ2v) is 14.7. The van der Waals surface area contributed by atoms with Gasteiger partial charge in [-0.15, -0.1) is 0 Å². The predicted molar refractivity (Wildman–Crippen MR) is 218 cm³/mol. The highest BCUT2D eigenvalue weighted by molar-refractivity contribution is 7.99. The zero-order valence-electron chi connectivity index (χ0n) is 30.8. The maximum absolute atomic E-state index is 12.8. The summed E-state index contributed by atoms with van der Waals surface area (Å²) < 4.78 is 20.0. The molecule has 280 valence electrons. The summed E-state index contributed by atoms with van der Waals surface area (Å²) in [6, 6.07) is 47.9. The molecule has 5 aromatic carbocycles. The van der Waals surface area contributed by atoms with Crippen LogP contribution in [0.15, 0.2) is 168 Å². The number of carbonyl (C=O) groups excluding carboxylic acids is 1. The van der Waals surface area contributed by atoms with E-state index in [2.05, 4.69) is 35.4 Å². The molecule has 0 unspecified atom stereocenters. The molecule has 0 spiro atoms. The predicted octanol–water partition coefficient (Wildman–Crippen LogP) is 10.1. The fraction of sp³-hybridized carbons (Fsp3) is 0.170. The van der Waals surface area contributed by atoms with Gasteiger partial charge in [0.05, 0.1) is 24.4 Å². The largest absolute Gasteiger partial charge is 0.431 e. The molecule has 3 heterocycles. The first kappa shape index (κ1) is 37.1. The quantitative estimate of drug-likeness (QED) is 0.119. The fourth-order valence-electron chi connectivity index (χ4n) is 6.95. The van der Waals surface area contributed by atoms with Crippen LogP contribution in [0.5, 0.6) is 0 Å². The van der Waals surface area contributed by atoms with Gasteiger partial charge in [0.1, 0.15) is 5.69 Å². The monoisotopic (exact) mass is 759 g/mol. The Morgan fingerprint density at radius 3 is 2.16 bits per heavy atom. The Hall–Kier alpha value is -5.84. The van der Waals surface area contributed by atoms with Crippen molar-refractivity contribution >= 4 is 17.7 Å². The van der Waals surface area contributed by atoms with Crippen LogP contribution in [0.2, 0.25) is 0 Å². The van der Waals surface area contributed by atoms with Gasteiger partial charge < -0.3 is 24.3 Å². The number of nitrogens with zero attached hydrogens (tertiary/aromatic N) is 2. The molecule has 56 heavy (non-hydrogen) atoms. The standard InChI is InChI=1S/C47H41N3O5S/c1-31-41(30-56-47-50-42(34-11-4-2-5-12-34)44(55-47)35-13-6-3-7-14-35)53-46(54-43(31)36-20-18-32(29-51)19-21-36)37-24-22-33(23-25-37)40-17-9-8-15-38(40)28-49-45(52)39-16-10-26-48-27-39/h2-27,31,41,43,46,51H,28-30H2,1H3,(H,49,52)/t31-,41+,43+,46+/m0/s1. The van der Waals surface area contributed by atoms with Gasteiger partial charge in [-0.25, -0.2) is 4.98 Å². The van der Waals surface area contributed by atoms with E-state index in [0.717, 1.165) is 56.0 Å². The van der Waals surface area contributed by atoms with E-state index in [1.165, 1.54) is 11.8 Å². The minimum absolute atomic E-state index is 0.0103. The van der Waals surface area contributed by atoms with Crippen LogP contribution in [-0.2, 0) is 22.6 Å². The van der Waals surface area contributed by atoms with Crippen LogP contribution >= 0.6 is 11.8 Å². The highest BCUT2D eigenvalue weighted by Crippen LogP contribution is 2.44. The molecule has 8 rings (SSSR count). The summed E-state index contributed by atoms with van der Waals surface area (Å²) in [6.07, 6.45) is 2.10. The van der Waals surface area contributed by atoms with Crippen molar-refractivity contribution in [1.82, 2.24) is 15.3 Å². The molecule has 1 fully saturated rings. The van der Waals surface area contributed by atoms with Gasteiger partial charge in [-0.05, 0) is 39.9 Å². The molecule has 7 aromatic rings. The average Bonchev–Trinajstić information content (AvgIpc) is 3.71. The number of thioether (sulfide) groups is 1. The number of ether oxygens (including phenoxy) is 2. The van der Waals surface area contributed by atoms with Crippen LogP contribution in [0.1, 0.15) is 51.9 Å². The number of hydrogen-bond donors (Lipinski definition) is 2. The molecule has 4 atom stereocenters. The van der Waals surface area contributed by atoms with Crippen LogP contribution in [0.25, 0.3) is 33.7 Å². The summed E-state index contributed by atoms with van der Waals surface area (Å²) >= 11 is 1.54. The Balaban J connectivity index is 1.04. The van der Waals surface area contributed by atoms with E-state index in [9.17, 15) is 9.90 Å². The molecule has 9 heteroatoms. The van der Waals surface area contributed by atoms with E-state index in [-0.39, 0.29) is 30.6 Å².